The number of hydroxylamine groups is 2. The molecule has 116 valence electrons. The molecule has 1 aromatic heterocycles. The highest BCUT2D eigenvalue weighted by Gasteiger charge is 2.38. The number of aryl methyl sites for hydroxylation is 2. The number of aliphatic hydroxyl groups excluding tert-OH is 1. The maximum Gasteiger partial charge on any atom is 0.271 e. The third kappa shape index (κ3) is 2.02. The average molecular weight is 301 g/mol. The van der Waals surface area contributed by atoms with Gasteiger partial charge < -0.3 is 15.4 Å². The maximum atomic E-state index is 12.6. The number of likely N-dealkylation sites (N-methyl/N-ethyl adjacent to an activating group) is 1. The minimum Gasteiger partial charge on any atom is -0.782 e. The summed E-state index contributed by atoms with van der Waals surface area (Å²) in [6, 6.07) is 8.30. The lowest BCUT2D eigenvalue weighted by Crippen LogP contribution is -2.44. The van der Waals surface area contributed by atoms with Gasteiger partial charge in [0.05, 0.1) is 11.7 Å². The van der Waals surface area contributed by atoms with Crippen molar-refractivity contribution >= 4 is 11.7 Å². The van der Waals surface area contributed by atoms with E-state index < -0.39 is 18.2 Å². The van der Waals surface area contributed by atoms with Crippen molar-refractivity contribution in [3.63, 3.8) is 0 Å². The summed E-state index contributed by atoms with van der Waals surface area (Å²) in [5, 5.41) is 27.5. The van der Waals surface area contributed by atoms with Gasteiger partial charge in [-0.05, 0) is 12.5 Å². The summed E-state index contributed by atoms with van der Waals surface area (Å²) in [7, 11) is 3.25. The van der Waals surface area contributed by atoms with E-state index in [9.17, 15) is 15.1 Å². The minimum atomic E-state index is -1.75. The van der Waals surface area contributed by atoms with Crippen LogP contribution in [0.5, 0.6) is 0 Å². The van der Waals surface area contributed by atoms with Gasteiger partial charge in [0.2, 0.25) is 0 Å². The number of benzene rings is 1. The number of carbonyl (C=O) groups is 1. The van der Waals surface area contributed by atoms with Crippen LogP contribution in [0.1, 0.15) is 22.9 Å². The summed E-state index contributed by atoms with van der Waals surface area (Å²) < 4.78 is 1.56. The van der Waals surface area contributed by atoms with Crippen LogP contribution < -0.4 is 4.90 Å². The lowest BCUT2D eigenvalue weighted by Gasteiger charge is -2.38. The van der Waals surface area contributed by atoms with Gasteiger partial charge in [-0.1, -0.05) is 30.3 Å². The molecule has 1 aromatic carbocycles. The van der Waals surface area contributed by atoms with Gasteiger partial charge in [-0.15, -0.1) is 0 Å². The smallest absolute Gasteiger partial charge is 0.271 e. The number of carbonyl (C=O) groups excluding carboxylic acids is 1. The normalized spacial score (nSPS) is 22.6. The van der Waals surface area contributed by atoms with E-state index in [1.807, 2.05) is 18.2 Å². The van der Waals surface area contributed by atoms with Crippen molar-refractivity contribution in [1.82, 2.24) is 14.8 Å². The van der Waals surface area contributed by atoms with E-state index in [1.54, 1.807) is 30.8 Å². The topological polar surface area (TPSA) is 84.7 Å². The summed E-state index contributed by atoms with van der Waals surface area (Å²) in [6.45, 7) is 1.79. The standard InChI is InChI=1S/C15H17N4O3/c1-9-11-12(10-7-5-4-6-8-10)19(22)15(21)14(20)17(2)13(11)18(3)16-9/h4-8,12,15,21H,1-3H3/q-1. The zero-order valence-electron chi connectivity index (χ0n) is 12.6. The minimum absolute atomic E-state index is 0.439. The van der Waals surface area contributed by atoms with Gasteiger partial charge in [0.1, 0.15) is 5.82 Å². The van der Waals surface area contributed by atoms with E-state index in [-0.39, 0.29) is 0 Å². The SMILES string of the molecule is Cc1nn(C)c2c1C(c1ccccc1)N([O-])C(O)C(=O)N2C. The molecule has 2 unspecified atom stereocenters. The van der Waals surface area contributed by atoms with Crippen molar-refractivity contribution in [1.29, 1.82) is 0 Å². The van der Waals surface area contributed by atoms with Crippen LogP contribution in [0.3, 0.4) is 0 Å². The van der Waals surface area contributed by atoms with E-state index in [0.29, 0.717) is 27.7 Å². The first-order valence-electron chi connectivity index (χ1n) is 6.93. The first kappa shape index (κ1) is 14.7. The number of nitrogens with zero attached hydrogens (tertiary/aromatic N) is 4. The van der Waals surface area contributed by atoms with Crippen LogP contribution in [0.15, 0.2) is 30.3 Å². The summed E-state index contributed by atoms with van der Waals surface area (Å²) in [6.07, 6.45) is -1.75. The Morgan fingerprint density at radius 3 is 2.50 bits per heavy atom. The zero-order chi connectivity index (χ0) is 16.0. The van der Waals surface area contributed by atoms with Crippen LogP contribution in [0, 0.1) is 12.1 Å². The highest BCUT2D eigenvalue weighted by Crippen LogP contribution is 2.39. The van der Waals surface area contributed by atoms with Crippen LogP contribution in [-0.4, -0.2) is 39.1 Å². The Bertz CT molecular complexity index is 713. The first-order chi connectivity index (χ1) is 10.4. The second-order valence-electron chi connectivity index (χ2n) is 5.39. The lowest BCUT2D eigenvalue weighted by atomic mass is 9.98. The third-order valence-corrected chi connectivity index (χ3v) is 3.99. The largest absolute Gasteiger partial charge is 0.782 e. The number of aromatic nitrogens is 2. The van der Waals surface area contributed by atoms with Crippen molar-refractivity contribution < 1.29 is 9.90 Å². The number of hydrogen-bond acceptors (Lipinski definition) is 5. The van der Waals surface area contributed by atoms with Crippen LogP contribution in [0.25, 0.3) is 0 Å². The van der Waals surface area contributed by atoms with Gasteiger partial charge in [-0.2, -0.15) is 5.10 Å². The Balaban J connectivity index is 2.28. The molecular formula is C15H17N4O3-. The van der Waals surface area contributed by atoms with Gasteiger partial charge >= 0.3 is 0 Å². The Kier molecular flexibility index (Phi) is 3.48. The highest BCUT2D eigenvalue weighted by atomic mass is 16.5. The highest BCUT2D eigenvalue weighted by molar-refractivity contribution is 5.96. The molecule has 0 radical (unpaired) electrons. The van der Waals surface area contributed by atoms with Crippen molar-refractivity contribution in [2.45, 2.75) is 19.2 Å². The van der Waals surface area contributed by atoms with Gasteiger partial charge in [0.25, 0.3) is 5.91 Å². The monoisotopic (exact) mass is 301 g/mol. The molecule has 1 aliphatic rings. The second-order valence-corrected chi connectivity index (χ2v) is 5.39. The summed E-state index contributed by atoms with van der Waals surface area (Å²) >= 11 is 0. The van der Waals surface area contributed by atoms with E-state index in [2.05, 4.69) is 5.10 Å². The van der Waals surface area contributed by atoms with Crippen LogP contribution in [-0.2, 0) is 11.8 Å². The summed E-state index contributed by atoms with van der Waals surface area (Å²) in [5.41, 5.74) is 1.99. The van der Waals surface area contributed by atoms with Gasteiger partial charge in [0, 0.05) is 19.7 Å². The summed E-state index contributed by atoms with van der Waals surface area (Å²) in [5.74, 6) is -0.147. The van der Waals surface area contributed by atoms with E-state index >= 15 is 0 Å². The predicted molar refractivity (Wildman–Crippen MR) is 80.9 cm³/mol. The van der Waals surface area contributed by atoms with Crippen molar-refractivity contribution in [2.24, 2.45) is 7.05 Å². The van der Waals surface area contributed by atoms with Gasteiger partial charge in [-0.25, -0.2) is 0 Å². The second kappa shape index (κ2) is 5.20. The molecule has 0 aliphatic carbocycles. The molecule has 1 N–H and O–H groups in total. The Labute approximate surface area is 128 Å². The van der Waals surface area contributed by atoms with E-state index in [0.717, 1.165) is 0 Å². The number of anilines is 1. The molecule has 0 bridgehead atoms. The first-order valence-corrected chi connectivity index (χ1v) is 6.93. The molecule has 7 nitrogen and oxygen atoms in total. The third-order valence-electron chi connectivity index (χ3n) is 3.99. The van der Waals surface area contributed by atoms with Gasteiger partial charge in [-0.3, -0.25) is 14.4 Å². The number of hydrogen-bond donors (Lipinski definition) is 1. The molecule has 2 aromatic rings. The lowest BCUT2D eigenvalue weighted by molar-refractivity contribution is -0.134. The molecule has 0 spiro atoms. The number of rotatable bonds is 1. The van der Waals surface area contributed by atoms with Gasteiger partial charge in [0.15, 0.2) is 6.23 Å². The Morgan fingerprint density at radius 1 is 1.23 bits per heavy atom. The zero-order valence-corrected chi connectivity index (χ0v) is 12.6. The number of amides is 1. The van der Waals surface area contributed by atoms with Crippen molar-refractivity contribution in [3.05, 3.63) is 52.4 Å². The van der Waals surface area contributed by atoms with Crippen molar-refractivity contribution in [3.8, 4) is 0 Å². The fourth-order valence-electron chi connectivity index (χ4n) is 2.98. The van der Waals surface area contributed by atoms with E-state index in [4.69, 9.17) is 0 Å². The predicted octanol–water partition coefficient (Wildman–Crippen LogP) is 0.913. The maximum absolute atomic E-state index is 12.6. The van der Waals surface area contributed by atoms with Crippen LogP contribution >= 0.6 is 0 Å². The fourth-order valence-corrected chi connectivity index (χ4v) is 2.98. The molecule has 2 heterocycles. The molecule has 22 heavy (non-hydrogen) atoms. The Morgan fingerprint density at radius 2 is 1.86 bits per heavy atom. The van der Waals surface area contributed by atoms with Crippen molar-refractivity contribution in [2.75, 3.05) is 11.9 Å². The molecule has 3 rings (SSSR count). The summed E-state index contributed by atoms with van der Waals surface area (Å²) in [4.78, 5) is 13.5. The molecule has 0 saturated carbocycles. The average Bonchev–Trinajstić information content (AvgIpc) is 2.77. The molecule has 7 heteroatoms. The molecule has 0 saturated heterocycles. The molecule has 1 amide bonds. The molecule has 2 atom stereocenters. The van der Waals surface area contributed by atoms with Crippen LogP contribution in [0.2, 0.25) is 0 Å². The molecule has 1 aliphatic heterocycles. The van der Waals surface area contributed by atoms with E-state index in [1.165, 1.54) is 11.9 Å². The molecular weight excluding hydrogens is 284 g/mol. The fraction of sp³-hybridized carbons (Fsp3) is 0.333. The number of aliphatic hydroxyl groups is 1. The Hall–Kier alpha value is -2.22. The van der Waals surface area contributed by atoms with Crippen LogP contribution in [0.4, 0.5) is 5.82 Å². The number of fused-ring (bicyclic) bond motifs is 1. The molecule has 0 fully saturated rings. The quantitative estimate of drug-likeness (QED) is 0.846.